The number of ketones is 1. The number of anilines is 1. The number of amides is 1. The molecule has 6 heteroatoms. The molecule has 0 spiro atoms. The largest absolute Gasteiger partial charge is 0.462 e. The smallest absolute Gasteiger partial charge is 0.250 e. The molecule has 0 aromatic carbocycles. The van der Waals surface area contributed by atoms with Crippen molar-refractivity contribution in [2.45, 2.75) is 13.8 Å². The lowest BCUT2D eigenvalue weighted by molar-refractivity contribution is -0.111. The molecule has 0 aliphatic carbocycles. The van der Waals surface area contributed by atoms with Crippen molar-refractivity contribution >= 4 is 34.2 Å². The summed E-state index contributed by atoms with van der Waals surface area (Å²) in [5.41, 5.74) is 0. The van der Waals surface area contributed by atoms with Gasteiger partial charge in [-0.1, -0.05) is 11.3 Å². The normalized spacial score (nSPS) is 10.8. The third kappa shape index (κ3) is 3.62. The highest BCUT2D eigenvalue weighted by molar-refractivity contribution is 7.17. The van der Waals surface area contributed by atoms with Crippen LogP contribution >= 0.6 is 11.3 Å². The Morgan fingerprint density at radius 3 is 2.79 bits per heavy atom. The number of carbonyl (C=O) groups excluding carboxylic acids is 2. The van der Waals surface area contributed by atoms with E-state index in [9.17, 15) is 9.59 Å². The number of hydrogen-bond donors (Lipinski definition) is 1. The zero-order valence-corrected chi connectivity index (χ0v) is 11.3. The molecular weight excluding hydrogens is 264 g/mol. The quantitative estimate of drug-likeness (QED) is 0.688. The number of aryl methyl sites for hydroxylation is 1. The van der Waals surface area contributed by atoms with E-state index in [0.29, 0.717) is 15.8 Å². The van der Waals surface area contributed by atoms with Crippen molar-refractivity contribution in [1.29, 1.82) is 0 Å². The first-order valence-electron chi connectivity index (χ1n) is 5.57. The summed E-state index contributed by atoms with van der Waals surface area (Å²) in [6.07, 6.45) is 4.37. The van der Waals surface area contributed by atoms with Crippen LogP contribution in [0.2, 0.25) is 0 Å². The summed E-state index contributed by atoms with van der Waals surface area (Å²) in [5.74, 6) is 1.00. The summed E-state index contributed by atoms with van der Waals surface area (Å²) in [4.78, 5) is 27.2. The minimum Gasteiger partial charge on any atom is -0.462 e. The first-order valence-corrected chi connectivity index (χ1v) is 6.38. The molecule has 2 rings (SSSR count). The zero-order chi connectivity index (χ0) is 13.8. The molecule has 0 saturated heterocycles. The van der Waals surface area contributed by atoms with Crippen molar-refractivity contribution in [3.8, 4) is 0 Å². The van der Waals surface area contributed by atoms with E-state index in [1.165, 1.54) is 19.2 Å². The van der Waals surface area contributed by atoms with Crippen molar-refractivity contribution in [3.05, 3.63) is 40.8 Å². The highest BCUT2D eigenvalue weighted by Crippen LogP contribution is 2.18. The predicted octanol–water partition coefficient (Wildman–Crippen LogP) is 2.90. The minimum atomic E-state index is -0.321. The average molecular weight is 276 g/mol. The molecule has 0 saturated carbocycles. The number of Topliss-reactive ketones (excluding diaryl/α,β-unsaturated/α-hetero) is 1. The van der Waals surface area contributed by atoms with Gasteiger partial charge in [-0.15, -0.1) is 0 Å². The number of furan rings is 1. The van der Waals surface area contributed by atoms with Gasteiger partial charge in [0.1, 0.15) is 11.5 Å². The van der Waals surface area contributed by atoms with Crippen LogP contribution in [0.4, 0.5) is 5.13 Å². The Labute approximate surface area is 114 Å². The average Bonchev–Trinajstić information content (AvgIpc) is 2.96. The van der Waals surface area contributed by atoms with E-state index in [4.69, 9.17) is 4.42 Å². The van der Waals surface area contributed by atoms with Gasteiger partial charge in [0.25, 0.3) is 0 Å². The Morgan fingerprint density at radius 2 is 2.21 bits per heavy atom. The molecule has 19 heavy (non-hydrogen) atoms. The first-order chi connectivity index (χ1) is 9.04. The Bertz CT molecular complexity index is 640. The van der Waals surface area contributed by atoms with Gasteiger partial charge in [0.05, 0.1) is 11.1 Å². The second-order valence-corrected chi connectivity index (χ2v) is 4.89. The number of hydrogen-bond acceptors (Lipinski definition) is 5. The lowest BCUT2D eigenvalue weighted by Crippen LogP contribution is -2.06. The van der Waals surface area contributed by atoms with E-state index >= 15 is 0 Å². The molecule has 1 amide bonds. The van der Waals surface area contributed by atoms with Gasteiger partial charge >= 0.3 is 0 Å². The third-order valence-corrected chi connectivity index (χ3v) is 3.26. The van der Waals surface area contributed by atoms with Crippen LogP contribution in [0.15, 0.2) is 28.8 Å². The fourth-order valence-corrected chi connectivity index (χ4v) is 2.06. The topological polar surface area (TPSA) is 72.2 Å². The number of carbonyl (C=O) groups is 2. The van der Waals surface area contributed by atoms with E-state index in [0.717, 1.165) is 17.1 Å². The fraction of sp³-hybridized carbons (Fsp3) is 0.154. The van der Waals surface area contributed by atoms with Gasteiger partial charge in [0.2, 0.25) is 5.91 Å². The summed E-state index contributed by atoms with van der Waals surface area (Å²) < 4.78 is 5.30. The second kappa shape index (κ2) is 5.62. The molecule has 0 fully saturated rings. The summed E-state index contributed by atoms with van der Waals surface area (Å²) in [6.45, 7) is 3.29. The maximum Gasteiger partial charge on any atom is 0.250 e. The molecule has 0 aliphatic heterocycles. The SMILES string of the molecule is CC(=O)c1cnc(NC(=O)/C=C\c2ccc(C)o2)s1. The Kier molecular flexibility index (Phi) is 3.91. The van der Waals surface area contributed by atoms with Crippen molar-refractivity contribution in [2.75, 3.05) is 5.32 Å². The summed E-state index contributed by atoms with van der Waals surface area (Å²) in [7, 11) is 0. The molecule has 0 unspecified atom stereocenters. The van der Waals surface area contributed by atoms with Crippen LogP contribution < -0.4 is 5.32 Å². The highest BCUT2D eigenvalue weighted by Gasteiger charge is 2.07. The maximum absolute atomic E-state index is 11.6. The summed E-state index contributed by atoms with van der Waals surface area (Å²) in [5, 5.41) is 2.98. The summed E-state index contributed by atoms with van der Waals surface area (Å²) in [6, 6.07) is 3.59. The number of thiazole rings is 1. The van der Waals surface area contributed by atoms with E-state index in [1.54, 1.807) is 12.1 Å². The lowest BCUT2D eigenvalue weighted by atomic mass is 10.4. The first kappa shape index (κ1) is 13.2. The molecule has 2 aromatic heterocycles. The van der Waals surface area contributed by atoms with Crippen LogP contribution in [0.25, 0.3) is 6.08 Å². The Morgan fingerprint density at radius 1 is 1.42 bits per heavy atom. The van der Waals surface area contributed by atoms with Crippen LogP contribution in [0.5, 0.6) is 0 Å². The van der Waals surface area contributed by atoms with Gasteiger partial charge in [0.15, 0.2) is 10.9 Å². The number of nitrogens with zero attached hydrogens (tertiary/aromatic N) is 1. The maximum atomic E-state index is 11.6. The van der Waals surface area contributed by atoms with Gasteiger partial charge in [-0.05, 0) is 25.1 Å². The molecule has 1 N–H and O–H groups in total. The van der Waals surface area contributed by atoms with Crippen LogP contribution in [0.3, 0.4) is 0 Å². The van der Waals surface area contributed by atoms with E-state index in [1.807, 2.05) is 13.0 Å². The Hall–Kier alpha value is -2.21. The highest BCUT2D eigenvalue weighted by atomic mass is 32.1. The van der Waals surface area contributed by atoms with Crippen molar-refractivity contribution in [2.24, 2.45) is 0 Å². The molecule has 0 bridgehead atoms. The molecular formula is C13H12N2O3S. The standard InChI is InChI=1S/C13H12N2O3S/c1-8-3-4-10(18-8)5-6-12(17)15-13-14-7-11(19-13)9(2)16/h3-7H,1-2H3,(H,14,15,17)/b6-5-. The van der Waals surface area contributed by atoms with Crippen molar-refractivity contribution in [3.63, 3.8) is 0 Å². The number of rotatable bonds is 4. The van der Waals surface area contributed by atoms with Crippen LogP contribution in [0.1, 0.15) is 28.1 Å². The van der Waals surface area contributed by atoms with E-state index in [-0.39, 0.29) is 11.7 Å². The second-order valence-electron chi connectivity index (χ2n) is 3.86. The third-order valence-electron chi connectivity index (χ3n) is 2.24. The molecule has 2 heterocycles. The predicted molar refractivity (Wildman–Crippen MR) is 73.2 cm³/mol. The fourth-order valence-electron chi connectivity index (χ4n) is 1.34. The van der Waals surface area contributed by atoms with Crippen LogP contribution in [-0.2, 0) is 4.79 Å². The van der Waals surface area contributed by atoms with Gasteiger partial charge in [-0.3, -0.25) is 14.9 Å². The summed E-state index contributed by atoms with van der Waals surface area (Å²) >= 11 is 1.15. The van der Waals surface area contributed by atoms with Gasteiger partial charge in [-0.2, -0.15) is 0 Å². The molecule has 5 nitrogen and oxygen atoms in total. The van der Waals surface area contributed by atoms with E-state index < -0.39 is 0 Å². The monoisotopic (exact) mass is 276 g/mol. The van der Waals surface area contributed by atoms with Gasteiger partial charge in [0, 0.05) is 13.0 Å². The molecule has 0 radical (unpaired) electrons. The van der Waals surface area contributed by atoms with Gasteiger partial charge in [-0.25, -0.2) is 4.98 Å². The molecule has 2 aromatic rings. The zero-order valence-electron chi connectivity index (χ0n) is 10.5. The van der Waals surface area contributed by atoms with Crippen LogP contribution in [0, 0.1) is 6.92 Å². The van der Waals surface area contributed by atoms with Crippen molar-refractivity contribution in [1.82, 2.24) is 4.98 Å². The lowest BCUT2D eigenvalue weighted by Gasteiger charge is -1.94. The molecule has 0 atom stereocenters. The number of nitrogens with one attached hydrogen (secondary N) is 1. The van der Waals surface area contributed by atoms with Crippen molar-refractivity contribution < 1.29 is 14.0 Å². The van der Waals surface area contributed by atoms with Crippen LogP contribution in [-0.4, -0.2) is 16.7 Å². The van der Waals surface area contributed by atoms with E-state index in [2.05, 4.69) is 10.3 Å². The minimum absolute atomic E-state index is 0.0698. The van der Waals surface area contributed by atoms with Gasteiger partial charge < -0.3 is 4.42 Å². The Balaban J connectivity index is 1.97. The molecule has 0 aliphatic rings. The number of aromatic nitrogens is 1. The molecule has 98 valence electrons.